The van der Waals surface area contributed by atoms with Crippen molar-refractivity contribution in [3.05, 3.63) is 59.3 Å². The molecule has 1 aliphatic carbocycles. The number of nitrogens with zero attached hydrogens (tertiary/aromatic N) is 2. The highest BCUT2D eigenvalue weighted by atomic mass is 32.1. The highest BCUT2D eigenvalue weighted by Crippen LogP contribution is 2.35. The van der Waals surface area contributed by atoms with Crippen LogP contribution in [0.25, 0.3) is 22.4 Å². The third-order valence-electron chi connectivity index (χ3n) is 4.10. The van der Waals surface area contributed by atoms with Crippen LogP contribution in [0.3, 0.4) is 0 Å². The van der Waals surface area contributed by atoms with E-state index in [4.69, 9.17) is 0 Å². The Bertz CT molecular complexity index is 913. The molecular formula is C18H14N2OS. The highest BCUT2D eigenvalue weighted by molar-refractivity contribution is 7.80. The quantitative estimate of drug-likeness (QED) is 0.525. The van der Waals surface area contributed by atoms with Gasteiger partial charge in [-0.15, -0.1) is 12.6 Å². The van der Waals surface area contributed by atoms with Crippen LogP contribution < -0.4 is 0 Å². The van der Waals surface area contributed by atoms with Gasteiger partial charge in [-0.1, -0.05) is 42.5 Å². The van der Waals surface area contributed by atoms with E-state index in [0.717, 1.165) is 24.1 Å². The van der Waals surface area contributed by atoms with Gasteiger partial charge in [-0.3, -0.25) is 0 Å². The minimum atomic E-state index is 0.0446. The lowest BCUT2D eigenvalue weighted by molar-refractivity contribution is 0.437. The third kappa shape index (κ3) is 2.16. The first kappa shape index (κ1) is 13.3. The molecule has 0 amide bonds. The number of fused-ring (bicyclic) bond motifs is 2. The largest absolute Gasteiger partial charge is 0.493 e. The van der Waals surface area contributed by atoms with Crippen molar-refractivity contribution >= 4 is 35.1 Å². The van der Waals surface area contributed by atoms with Crippen molar-refractivity contribution < 1.29 is 5.11 Å². The summed E-state index contributed by atoms with van der Waals surface area (Å²) in [5.41, 5.74) is 4.03. The van der Waals surface area contributed by atoms with E-state index in [-0.39, 0.29) is 5.88 Å². The Morgan fingerprint density at radius 3 is 2.68 bits per heavy atom. The van der Waals surface area contributed by atoms with E-state index in [1.165, 1.54) is 21.9 Å². The van der Waals surface area contributed by atoms with Gasteiger partial charge in [0, 0.05) is 5.56 Å². The zero-order chi connectivity index (χ0) is 15.1. The van der Waals surface area contributed by atoms with Gasteiger partial charge in [0.05, 0.1) is 5.69 Å². The van der Waals surface area contributed by atoms with Crippen LogP contribution in [-0.2, 0) is 6.42 Å². The summed E-state index contributed by atoms with van der Waals surface area (Å²) < 4.78 is 0. The fourth-order valence-electron chi connectivity index (χ4n) is 3.05. The number of aromatic nitrogens is 2. The van der Waals surface area contributed by atoms with Gasteiger partial charge in [0.1, 0.15) is 0 Å². The fourth-order valence-corrected chi connectivity index (χ4v) is 3.25. The average molecular weight is 306 g/mol. The van der Waals surface area contributed by atoms with Crippen LogP contribution in [0.5, 0.6) is 5.88 Å². The van der Waals surface area contributed by atoms with Crippen molar-refractivity contribution in [2.75, 3.05) is 0 Å². The fraction of sp³-hybridized carbons (Fsp3) is 0.111. The molecule has 1 N–H and O–H groups in total. The van der Waals surface area contributed by atoms with Crippen LogP contribution in [0, 0.1) is 0 Å². The number of hydrogen-bond donors (Lipinski definition) is 2. The molecular weight excluding hydrogens is 292 g/mol. The lowest BCUT2D eigenvalue weighted by Crippen LogP contribution is -2.04. The first-order valence-electron chi connectivity index (χ1n) is 7.20. The number of aromatic hydroxyl groups is 1. The van der Waals surface area contributed by atoms with E-state index in [9.17, 15) is 5.11 Å². The van der Waals surface area contributed by atoms with Crippen LogP contribution in [0.1, 0.15) is 23.2 Å². The van der Waals surface area contributed by atoms with Gasteiger partial charge in [-0.25, -0.2) is 4.98 Å². The molecule has 1 heterocycles. The second-order valence-electron chi connectivity index (χ2n) is 5.41. The molecule has 3 aromatic rings. The molecule has 0 spiro atoms. The van der Waals surface area contributed by atoms with Crippen molar-refractivity contribution in [1.29, 1.82) is 0 Å². The number of benzene rings is 2. The van der Waals surface area contributed by atoms with Gasteiger partial charge < -0.3 is 5.11 Å². The second-order valence-corrected chi connectivity index (χ2v) is 5.81. The van der Waals surface area contributed by atoms with E-state index in [2.05, 4.69) is 65.1 Å². The van der Waals surface area contributed by atoms with E-state index in [1.807, 2.05) is 6.08 Å². The van der Waals surface area contributed by atoms with Crippen molar-refractivity contribution in [2.24, 2.45) is 0 Å². The molecule has 1 aromatic heterocycles. The lowest BCUT2D eigenvalue weighted by Gasteiger charge is -2.18. The smallest absolute Gasteiger partial charge is 0.218 e. The van der Waals surface area contributed by atoms with Crippen LogP contribution in [-0.4, -0.2) is 15.1 Å². The number of thiol groups is 1. The van der Waals surface area contributed by atoms with Gasteiger partial charge in [0.15, 0.2) is 5.16 Å². The average Bonchev–Trinajstić information content (AvgIpc) is 2.53. The molecule has 4 heteroatoms. The van der Waals surface area contributed by atoms with Crippen molar-refractivity contribution in [2.45, 2.75) is 18.0 Å². The summed E-state index contributed by atoms with van der Waals surface area (Å²) in [4.78, 5) is 8.26. The van der Waals surface area contributed by atoms with Crippen molar-refractivity contribution in [3.8, 4) is 5.88 Å². The minimum absolute atomic E-state index is 0.0446. The molecule has 1 aliphatic rings. The summed E-state index contributed by atoms with van der Waals surface area (Å²) in [6, 6.07) is 14.7. The summed E-state index contributed by atoms with van der Waals surface area (Å²) in [6.45, 7) is 0. The minimum Gasteiger partial charge on any atom is -0.493 e. The molecule has 3 nitrogen and oxygen atoms in total. The molecule has 0 bridgehead atoms. The first-order valence-corrected chi connectivity index (χ1v) is 7.64. The van der Waals surface area contributed by atoms with Gasteiger partial charge in [-0.2, -0.15) is 4.98 Å². The summed E-state index contributed by atoms with van der Waals surface area (Å²) in [5.74, 6) is 0.0446. The zero-order valence-electron chi connectivity index (χ0n) is 11.8. The maximum atomic E-state index is 9.94. The standard InChI is InChI=1S/C18H14N2OS/c21-17-15-9-8-12(10-16(15)19-18(22)20-17)14-7-3-5-11-4-1-2-6-13(11)14/h1-7,10H,8-9H2,(H2,19,20,21,22). The maximum absolute atomic E-state index is 9.94. The summed E-state index contributed by atoms with van der Waals surface area (Å²) in [7, 11) is 0. The topological polar surface area (TPSA) is 46.0 Å². The molecule has 2 aromatic carbocycles. The molecule has 0 saturated heterocycles. The molecule has 108 valence electrons. The molecule has 0 fully saturated rings. The maximum Gasteiger partial charge on any atom is 0.218 e. The molecule has 0 radical (unpaired) electrons. The number of hydrogen-bond acceptors (Lipinski definition) is 4. The lowest BCUT2D eigenvalue weighted by atomic mass is 9.89. The molecule has 0 atom stereocenters. The van der Waals surface area contributed by atoms with Crippen LogP contribution >= 0.6 is 12.6 Å². The Balaban J connectivity index is 1.91. The van der Waals surface area contributed by atoms with E-state index >= 15 is 0 Å². The zero-order valence-corrected chi connectivity index (χ0v) is 12.7. The number of rotatable bonds is 1. The summed E-state index contributed by atoms with van der Waals surface area (Å²) in [6.07, 6.45) is 3.65. The molecule has 22 heavy (non-hydrogen) atoms. The van der Waals surface area contributed by atoms with Gasteiger partial charge in [0.25, 0.3) is 0 Å². The van der Waals surface area contributed by atoms with Crippen molar-refractivity contribution in [1.82, 2.24) is 9.97 Å². The second kappa shape index (κ2) is 5.14. The van der Waals surface area contributed by atoms with Crippen LogP contribution in [0.4, 0.5) is 0 Å². The molecule has 0 saturated carbocycles. The Hall–Kier alpha value is -2.33. The van der Waals surface area contributed by atoms with Crippen LogP contribution in [0.2, 0.25) is 0 Å². The van der Waals surface area contributed by atoms with Gasteiger partial charge in [0.2, 0.25) is 5.88 Å². The molecule has 0 aliphatic heterocycles. The SMILES string of the molecule is Oc1nc(S)nc2c1CCC(c1cccc3ccccc13)=C2. The Labute approximate surface area is 133 Å². The monoisotopic (exact) mass is 306 g/mol. The number of allylic oxidation sites excluding steroid dienone is 1. The first-order chi connectivity index (χ1) is 10.7. The van der Waals surface area contributed by atoms with Gasteiger partial charge in [-0.05, 0) is 40.8 Å². The third-order valence-corrected chi connectivity index (χ3v) is 4.30. The van der Waals surface area contributed by atoms with Gasteiger partial charge >= 0.3 is 0 Å². The van der Waals surface area contributed by atoms with Crippen LogP contribution in [0.15, 0.2) is 47.6 Å². The predicted molar refractivity (Wildman–Crippen MR) is 91.1 cm³/mol. The van der Waals surface area contributed by atoms with E-state index in [0.29, 0.717) is 5.16 Å². The van der Waals surface area contributed by atoms with E-state index < -0.39 is 0 Å². The van der Waals surface area contributed by atoms with E-state index in [1.54, 1.807) is 0 Å². The van der Waals surface area contributed by atoms with Crippen molar-refractivity contribution in [3.63, 3.8) is 0 Å². The predicted octanol–water partition coefficient (Wildman–Crippen LogP) is 4.11. The Morgan fingerprint density at radius 2 is 1.77 bits per heavy atom. The highest BCUT2D eigenvalue weighted by Gasteiger charge is 2.18. The molecule has 4 rings (SSSR count). The summed E-state index contributed by atoms with van der Waals surface area (Å²) >= 11 is 4.15. The molecule has 0 unspecified atom stereocenters. The Morgan fingerprint density at radius 1 is 0.955 bits per heavy atom. The summed E-state index contributed by atoms with van der Waals surface area (Å²) in [5, 5.41) is 12.7. The normalized spacial score (nSPS) is 13.8. The Kier molecular flexibility index (Phi) is 3.12.